The highest BCUT2D eigenvalue weighted by Crippen LogP contribution is 2.11. The number of unbranched alkanes of at least 4 members (excludes halogenated alkanes) is 9. The number of nitrogens with one attached hydrogen (secondary N) is 12. The summed E-state index contributed by atoms with van der Waals surface area (Å²) in [6, 6.07) is -5.86. The molecule has 0 saturated heterocycles. The normalized spacial score (nSPS) is 11.2. The molecule has 52 heteroatoms. The summed E-state index contributed by atoms with van der Waals surface area (Å²) in [6.45, 7) is 11.4. The number of carboxylic acids is 2. The first-order chi connectivity index (χ1) is 63.0. The van der Waals surface area contributed by atoms with Crippen molar-refractivity contribution in [1.29, 1.82) is 0 Å². The van der Waals surface area contributed by atoms with E-state index >= 15 is 0 Å². The number of esters is 6. The third kappa shape index (κ3) is 77.8. The van der Waals surface area contributed by atoms with Gasteiger partial charge in [-0.15, -0.1) is 0 Å². The molecule has 0 aliphatic carbocycles. The zero-order valence-electron chi connectivity index (χ0n) is 76.6. The Morgan fingerprint density at radius 3 is 0.556 bits per heavy atom. The highest BCUT2D eigenvalue weighted by molar-refractivity contribution is 5.88. The number of hydrogen-bond donors (Lipinski definition) is 14. The fraction of sp³-hybridized carbons (Fsp3) is 0.711. The van der Waals surface area contributed by atoms with Gasteiger partial charge in [0.15, 0.2) is 0 Å². The van der Waals surface area contributed by atoms with Crippen molar-refractivity contribution < 1.29 is 191 Å². The smallest absolute Gasteiger partial charge is 0.407 e. The first-order valence-corrected chi connectivity index (χ1v) is 42.1. The van der Waals surface area contributed by atoms with E-state index in [2.05, 4.69) is 115 Å². The monoisotopic (exact) mass is 1950 g/mol. The van der Waals surface area contributed by atoms with E-state index in [-0.39, 0.29) is 151 Å². The molecule has 0 rings (SSSR count). The van der Waals surface area contributed by atoms with Crippen LogP contribution in [0.4, 0.5) is 57.5 Å². The number of carbonyl (C=O) groups is 20. The van der Waals surface area contributed by atoms with Crippen LogP contribution in [0.15, 0.2) is 24.3 Å². The van der Waals surface area contributed by atoms with E-state index in [1.165, 1.54) is 42.3 Å². The summed E-state index contributed by atoms with van der Waals surface area (Å²) in [5, 5.41) is 47.4. The summed E-state index contributed by atoms with van der Waals surface area (Å²) in [5.74, 6) is -6.25. The molecule has 135 heavy (non-hydrogen) atoms. The molecule has 0 aromatic carbocycles. The summed E-state index contributed by atoms with van der Waals surface area (Å²) in [5.41, 5.74) is 0.401. The van der Waals surface area contributed by atoms with Crippen LogP contribution in [0.3, 0.4) is 0 Å². The van der Waals surface area contributed by atoms with Crippen LogP contribution in [0.1, 0.15) is 190 Å². The van der Waals surface area contributed by atoms with Crippen molar-refractivity contribution >= 4 is 121 Å². The van der Waals surface area contributed by atoms with Crippen molar-refractivity contribution in [1.82, 2.24) is 63.8 Å². The number of carbonyl (C=O) groups excluding carboxylic acids is 18. The molecule has 0 heterocycles. The van der Waals surface area contributed by atoms with E-state index in [1.807, 2.05) is 0 Å². The molecule has 52 nitrogen and oxygen atoms in total. The van der Waals surface area contributed by atoms with Gasteiger partial charge in [-0.3, -0.25) is 0 Å². The molecule has 0 aromatic rings. The molecule has 0 radical (unpaired) electrons. The minimum atomic E-state index is -1.18. The average Bonchev–Trinajstić information content (AvgIpc) is 0.927. The number of alkyl carbamates (subject to hydrolysis) is 12. The van der Waals surface area contributed by atoms with Crippen molar-refractivity contribution in [2.75, 3.05) is 162 Å². The number of ether oxygens (including phenoxy) is 18. The molecule has 6 atom stereocenters. The zero-order chi connectivity index (χ0) is 99.7. The minimum Gasteiger partial charge on any atom is -0.480 e. The van der Waals surface area contributed by atoms with Gasteiger partial charge in [-0.2, -0.15) is 0 Å². The first kappa shape index (κ1) is 132. The fourth-order valence-electron chi connectivity index (χ4n) is 9.89. The van der Waals surface area contributed by atoms with E-state index in [4.69, 9.17) is 57.6 Å². The second-order valence-electron chi connectivity index (χ2n) is 27.5. The molecule has 0 bridgehead atoms. The first-order valence-electron chi connectivity index (χ1n) is 42.1. The van der Waals surface area contributed by atoms with Crippen LogP contribution in [-0.2, 0) is 124 Å². The van der Waals surface area contributed by atoms with Crippen molar-refractivity contribution in [3.63, 3.8) is 0 Å². The topological polar surface area (TPSA) is 692 Å². The van der Waals surface area contributed by atoms with Gasteiger partial charge in [0.2, 0.25) is 0 Å². The number of amides is 12. The van der Waals surface area contributed by atoms with E-state index in [0.717, 1.165) is 28.4 Å². The lowest BCUT2D eigenvalue weighted by molar-refractivity contribution is -0.151. The van der Waals surface area contributed by atoms with Gasteiger partial charge in [-0.05, 0) is 168 Å². The van der Waals surface area contributed by atoms with E-state index in [0.29, 0.717) is 142 Å². The van der Waals surface area contributed by atoms with Gasteiger partial charge in [0, 0.05) is 50.4 Å². The third-order valence-electron chi connectivity index (χ3n) is 17.0. The molecule has 0 aromatic heterocycles. The molecule has 0 aliphatic rings. The minimum absolute atomic E-state index is 0. The van der Waals surface area contributed by atoms with Crippen molar-refractivity contribution in [3.05, 3.63) is 24.3 Å². The predicted octanol–water partition coefficient (Wildman–Crippen LogP) is 6.77. The van der Waals surface area contributed by atoms with Crippen LogP contribution >= 0.6 is 0 Å². The molecule has 12 amide bonds. The Hall–Kier alpha value is -13.5. The molecular formula is C83H146N12O40. The largest absolute Gasteiger partial charge is 0.480 e. The van der Waals surface area contributed by atoms with Gasteiger partial charge in [0.05, 0.1) is 96.5 Å². The van der Waals surface area contributed by atoms with Gasteiger partial charge in [0.1, 0.15) is 62.7 Å². The summed E-state index contributed by atoms with van der Waals surface area (Å²) in [4.78, 5) is 232. The quantitative estimate of drug-likeness (QED) is 0.0129. The molecule has 0 fully saturated rings. The van der Waals surface area contributed by atoms with Crippen molar-refractivity contribution in [3.8, 4) is 0 Å². The number of aliphatic carboxylic acids is 2. The standard InChI is InChI=1S/C34H54N4O16.C24H42N4O12.C22H38N4O12.3CH4/c1-23(2)27(39)49-19-21-51-29(41)25(37-33(45)47-5)13-7-9-15-35-31(43)53-17-11-12-18-54-32(44)36-16-10-8-14-26(38-34(46)48-6)30(42)52-22-20-50-28(40)24(3)4;1-35-19(29)17(27-23(33)37-3)11-5-7-13-25-21(31)39-15-9-10-16-40-22(32)26-14-8-6-12-18(20(30)36-2)28-24(34)38-4;1-35-21(33)25-15(17(27)28)9-3-5-11-23-19(31)37-13-7-8-14-38-20(32)24-12-6-4-10-16(18(29)30)26-22(34)36-2;;;/h25-26H,1,3,7-22H2,2,4-6H3,(H,35,43)(H,36,44)(H,37,45)(H,38,46);17-18H,5-16H2,1-4H3,(H,25,31)(H,26,32)(H,27,33)(H,28,34);15-16H,3-14H2,1-2H3,(H,23,31)(H,24,32)(H,25,33)(H,26,34)(H,27,28)(H,29,30);3*1H4. The Labute approximate surface area is 786 Å². The second-order valence-corrected chi connectivity index (χ2v) is 27.5. The second kappa shape index (κ2) is 87.2. The molecule has 0 saturated carbocycles. The summed E-state index contributed by atoms with van der Waals surface area (Å²) in [7, 11) is 9.38. The maximum absolute atomic E-state index is 12.4. The van der Waals surface area contributed by atoms with E-state index in [9.17, 15) is 95.9 Å². The molecule has 6 unspecified atom stereocenters. The lowest BCUT2D eigenvalue weighted by Gasteiger charge is -2.17. The van der Waals surface area contributed by atoms with Crippen molar-refractivity contribution in [2.24, 2.45) is 0 Å². The number of carboxylic acid groups (broad SMARTS) is 2. The highest BCUT2D eigenvalue weighted by Gasteiger charge is 2.28. The molecule has 0 spiro atoms. The molecule has 778 valence electrons. The van der Waals surface area contributed by atoms with Crippen molar-refractivity contribution in [2.45, 2.75) is 226 Å². The Balaban J connectivity index is -0.000000466. The third-order valence-corrected chi connectivity index (χ3v) is 17.0. The average molecular weight is 1950 g/mol. The number of rotatable bonds is 65. The van der Waals surface area contributed by atoms with Crippen LogP contribution in [0.2, 0.25) is 0 Å². The zero-order valence-corrected chi connectivity index (χ0v) is 76.6. The van der Waals surface area contributed by atoms with Crippen LogP contribution in [0.5, 0.6) is 0 Å². The Morgan fingerprint density at radius 1 is 0.215 bits per heavy atom. The van der Waals surface area contributed by atoms with E-state index < -0.39 is 157 Å². The fourth-order valence-corrected chi connectivity index (χ4v) is 9.89. The Bertz CT molecular complexity index is 3290. The van der Waals surface area contributed by atoms with Gasteiger partial charge in [-0.1, -0.05) is 35.4 Å². The van der Waals surface area contributed by atoms with Crippen LogP contribution in [-0.4, -0.2) is 330 Å². The molecular weight excluding hydrogens is 1800 g/mol. The predicted molar refractivity (Wildman–Crippen MR) is 476 cm³/mol. The maximum Gasteiger partial charge on any atom is 0.407 e. The van der Waals surface area contributed by atoms with Crippen LogP contribution in [0.25, 0.3) is 0 Å². The molecule has 0 aliphatic heterocycles. The van der Waals surface area contributed by atoms with Crippen LogP contribution in [0, 0.1) is 0 Å². The maximum atomic E-state index is 12.4. The summed E-state index contributed by atoms with van der Waals surface area (Å²) < 4.78 is 86.1. The number of hydrogen-bond acceptors (Lipinski definition) is 38. The van der Waals surface area contributed by atoms with Gasteiger partial charge in [-0.25, -0.2) is 95.9 Å². The SMILES string of the molecule is C.C.C.C=C(C)C(=O)OCCOC(=O)C(CCCCNC(=O)OCCCCOC(=O)NCCCCC(NC(=O)OC)C(=O)OCCOC(=O)C(=C)C)NC(=O)OC.COC(=O)NC(CCCCNC(=O)OCCCCOC(=O)NCCCCC(NC(=O)OC)C(=O)O)C(=O)O.COC(=O)NC(CCCCNC(=O)OCCCCOC(=O)NCCCCC(NC(=O)OC)C(=O)OC)C(=O)OC. The lowest BCUT2D eigenvalue weighted by atomic mass is 10.1. The summed E-state index contributed by atoms with van der Waals surface area (Å²) >= 11 is 0. The Morgan fingerprint density at radius 2 is 0.385 bits per heavy atom. The number of methoxy groups -OCH3 is 8. The van der Waals surface area contributed by atoms with Crippen LogP contribution < -0.4 is 63.8 Å². The van der Waals surface area contributed by atoms with Gasteiger partial charge in [0.25, 0.3) is 0 Å². The molecule has 14 N–H and O–H groups in total. The summed E-state index contributed by atoms with van der Waals surface area (Å²) in [6.07, 6.45) is 1.34. The van der Waals surface area contributed by atoms with Gasteiger partial charge >= 0.3 is 121 Å². The van der Waals surface area contributed by atoms with E-state index in [1.54, 1.807) is 0 Å². The Kier molecular flexibility index (Phi) is 85.4. The lowest BCUT2D eigenvalue weighted by Crippen LogP contribution is -2.42. The highest BCUT2D eigenvalue weighted by atomic mass is 16.6. The van der Waals surface area contributed by atoms with Gasteiger partial charge < -0.3 is 159 Å².